The molecule has 0 bridgehead atoms. The van der Waals surface area contributed by atoms with E-state index >= 15 is 0 Å². The number of amidine groups is 1. The van der Waals surface area contributed by atoms with E-state index in [1.54, 1.807) is 19.1 Å². The van der Waals surface area contributed by atoms with Crippen LogP contribution >= 0.6 is 0 Å². The first-order chi connectivity index (χ1) is 12.6. The molecule has 0 saturated carbocycles. The van der Waals surface area contributed by atoms with Gasteiger partial charge >= 0.3 is 18.0 Å². The average Bonchev–Trinajstić information content (AvgIpc) is 2.60. The molecule has 1 fully saturated rings. The lowest BCUT2D eigenvalue weighted by Crippen LogP contribution is -2.58. The Morgan fingerprint density at radius 3 is 2.07 bits per heavy atom. The van der Waals surface area contributed by atoms with E-state index in [-0.39, 0.29) is 18.7 Å². The predicted molar refractivity (Wildman–Crippen MR) is 86.5 cm³/mol. The fourth-order valence-electron chi connectivity index (χ4n) is 3.01. The van der Waals surface area contributed by atoms with E-state index in [1.165, 1.54) is 17.0 Å². The maximum atomic E-state index is 13.6. The SMILES string of the molecule is Cc1ccccc1C1=NC(C(F)(F)F)(C(F)(F)F)N=C(N2CCCCC2)O1. The molecule has 0 aliphatic carbocycles. The summed E-state index contributed by atoms with van der Waals surface area (Å²) in [6.07, 6.45) is -9.45. The van der Waals surface area contributed by atoms with Gasteiger partial charge in [-0.25, -0.2) is 4.99 Å². The standard InChI is InChI=1S/C17H17F6N3O/c1-11-7-3-4-8-12(11)13-24-15(16(18,19)20,17(21,22)23)25-14(27-13)26-9-5-2-6-10-26/h3-4,7-8H,2,5-6,9-10H2,1H3. The van der Waals surface area contributed by atoms with Gasteiger partial charge in [0.25, 0.3) is 6.02 Å². The number of alkyl halides is 6. The van der Waals surface area contributed by atoms with Gasteiger partial charge in [-0.2, -0.15) is 31.3 Å². The summed E-state index contributed by atoms with van der Waals surface area (Å²) >= 11 is 0. The first-order valence-corrected chi connectivity index (χ1v) is 8.37. The normalized spacial score (nSPS) is 20.6. The van der Waals surface area contributed by atoms with E-state index in [0.717, 1.165) is 6.42 Å². The molecular weight excluding hydrogens is 376 g/mol. The quantitative estimate of drug-likeness (QED) is 0.662. The van der Waals surface area contributed by atoms with E-state index in [2.05, 4.69) is 9.98 Å². The second-order valence-electron chi connectivity index (χ2n) is 6.44. The van der Waals surface area contributed by atoms with E-state index < -0.39 is 29.9 Å². The number of halogens is 6. The lowest BCUT2D eigenvalue weighted by Gasteiger charge is -2.37. The van der Waals surface area contributed by atoms with Crippen molar-refractivity contribution >= 4 is 11.9 Å². The number of hydrogen-bond acceptors (Lipinski definition) is 4. The van der Waals surface area contributed by atoms with Crippen LogP contribution in [0.4, 0.5) is 26.3 Å². The highest BCUT2D eigenvalue weighted by atomic mass is 19.4. The molecular formula is C17H17F6N3O. The van der Waals surface area contributed by atoms with Crippen LogP contribution in [0.15, 0.2) is 34.3 Å². The highest BCUT2D eigenvalue weighted by Crippen LogP contribution is 2.49. The Morgan fingerprint density at radius 2 is 1.52 bits per heavy atom. The van der Waals surface area contributed by atoms with Gasteiger partial charge in [-0.15, -0.1) is 0 Å². The minimum absolute atomic E-state index is 0.0554. The summed E-state index contributed by atoms with van der Waals surface area (Å²) < 4.78 is 87.1. The number of piperidine rings is 1. The molecule has 0 radical (unpaired) electrons. The van der Waals surface area contributed by atoms with Crippen molar-refractivity contribution in [1.82, 2.24) is 4.90 Å². The Bertz CT molecular complexity index is 749. The number of nitrogens with zero attached hydrogens (tertiary/aromatic N) is 3. The number of hydrogen-bond donors (Lipinski definition) is 0. The third-order valence-corrected chi connectivity index (χ3v) is 4.50. The zero-order valence-corrected chi connectivity index (χ0v) is 14.4. The van der Waals surface area contributed by atoms with Gasteiger partial charge in [-0.3, -0.25) is 0 Å². The monoisotopic (exact) mass is 393 g/mol. The maximum Gasteiger partial charge on any atom is 0.443 e. The van der Waals surface area contributed by atoms with Gasteiger partial charge in [0, 0.05) is 18.7 Å². The molecule has 2 aliphatic rings. The molecule has 0 spiro atoms. The summed E-state index contributed by atoms with van der Waals surface area (Å²) in [6, 6.07) is 5.32. The summed E-state index contributed by atoms with van der Waals surface area (Å²) in [6.45, 7) is 2.09. The highest BCUT2D eigenvalue weighted by molar-refractivity contribution is 6.03. The molecule has 4 nitrogen and oxygen atoms in total. The molecule has 10 heteroatoms. The van der Waals surface area contributed by atoms with Crippen molar-refractivity contribution < 1.29 is 31.1 Å². The van der Waals surface area contributed by atoms with E-state index in [1.807, 2.05) is 0 Å². The van der Waals surface area contributed by atoms with Crippen LogP contribution in [0.3, 0.4) is 0 Å². The Balaban J connectivity index is 2.18. The van der Waals surface area contributed by atoms with E-state index in [4.69, 9.17) is 4.74 Å². The number of likely N-dealkylation sites (tertiary alicyclic amines) is 1. The zero-order chi connectivity index (χ0) is 19.9. The first kappa shape index (κ1) is 19.5. The van der Waals surface area contributed by atoms with Crippen molar-refractivity contribution in [3.63, 3.8) is 0 Å². The van der Waals surface area contributed by atoms with Crippen LogP contribution in [-0.2, 0) is 4.74 Å². The molecule has 148 valence electrons. The van der Waals surface area contributed by atoms with Crippen molar-refractivity contribution in [3.8, 4) is 0 Å². The van der Waals surface area contributed by atoms with Gasteiger partial charge in [0.15, 0.2) is 0 Å². The lowest BCUT2D eigenvalue weighted by atomic mass is 10.1. The molecule has 1 aromatic carbocycles. The largest absolute Gasteiger partial charge is 0.443 e. The minimum Gasteiger partial charge on any atom is -0.406 e. The van der Waals surface area contributed by atoms with Crippen LogP contribution in [-0.4, -0.2) is 47.9 Å². The summed E-state index contributed by atoms with van der Waals surface area (Å²) in [5.74, 6) is -0.738. The van der Waals surface area contributed by atoms with Crippen LogP contribution in [0.2, 0.25) is 0 Å². The van der Waals surface area contributed by atoms with Crippen LogP contribution in [0, 0.1) is 6.92 Å². The number of aryl methyl sites for hydroxylation is 1. The number of ether oxygens (including phenoxy) is 1. The fraction of sp³-hybridized carbons (Fsp3) is 0.529. The fourth-order valence-corrected chi connectivity index (χ4v) is 3.01. The van der Waals surface area contributed by atoms with Gasteiger partial charge in [-0.05, 0) is 37.8 Å². The van der Waals surface area contributed by atoms with Crippen LogP contribution < -0.4 is 0 Å². The van der Waals surface area contributed by atoms with Crippen LogP contribution in [0.1, 0.15) is 30.4 Å². The maximum absolute atomic E-state index is 13.6. The lowest BCUT2D eigenvalue weighted by molar-refractivity contribution is -0.293. The molecule has 27 heavy (non-hydrogen) atoms. The molecule has 1 aromatic rings. The summed E-state index contributed by atoms with van der Waals surface area (Å²) in [5.41, 5.74) is -4.10. The minimum atomic E-state index is -5.77. The second-order valence-corrected chi connectivity index (χ2v) is 6.44. The molecule has 0 aromatic heterocycles. The van der Waals surface area contributed by atoms with Gasteiger partial charge in [0.1, 0.15) is 0 Å². The molecule has 3 rings (SSSR count). The number of aliphatic imine (C=N–C) groups is 2. The Hall–Kier alpha value is -2.26. The predicted octanol–water partition coefficient (Wildman–Crippen LogP) is 4.43. The Morgan fingerprint density at radius 1 is 0.926 bits per heavy atom. The third kappa shape index (κ3) is 3.49. The number of benzene rings is 1. The van der Waals surface area contributed by atoms with Crippen molar-refractivity contribution in [3.05, 3.63) is 35.4 Å². The van der Waals surface area contributed by atoms with Crippen molar-refractivity contribution in [1.29, 1.82) is 0 Å². The van der Waals surface area contributed by atoms with Gasteiger partial charge in [-0.1, -0.05) is 18.2 Å². The topological polar surface area (TPSA) is 37.2 Å². The van der Waals surface area contributed by atoms with Gasteiger partial charge < -0.3 is 9.64 Å². The van der Waals surface area contributed by atoms with Gasteiger partial charge in [0.2, 0.25) is 5.90 Å². The molecule has 2 heterocycles. The van der Waals surface area contributed by atoms with Crippen molar-refractivity contribution in [2.75, 3.05) is 13.1 Å². The first-order valence-electron chi connectivity index (χ1n) is 8.37. The van der Waals surface area contributed by atoms with E-state index in [0.29, 0.717) is 18.4 Å². The van der Waals surface area contributed by atoms with Gasteiger partial charge in [0.05, 0.1) is 0 Å². The van der Waals surface area contributed by atoms with E-state index in [9.17, 15) is 26.3 Å². The van der Waals surface area contributed by atoms with Crippen LogP contribution in [0.25, 0.3) is 0 Å². The molecule has 0 atom stereocenters. The third-order valence-electron chi connectivity index (χ3n) is 4.50. The smallest absolute Gasteiger partial charge is 0.406 e. The molecule has 0 unspecified atom stereocenters. The summed E-state index contributed by atoms with van der Waals surface area (Å²) in [4.78, 5) is 7.24. The zero-order valence-electron chi connectivity index (χ0n) is 14.4. The molecule has 1 saturated heterocycles. The molecule has 0 N–H and O–H groups in total. The second kappa shape index (κ2) is 6.72. The molecule has 0 amide bonds. The average molecular weight is 393 g/mol. The Labute approximate surface area is 151 Å². The van der Waals surface area contributed by atoms with Crippen molar-refractivity contribution in [2.24, 2.45) is 9.98 Å². The van der Waals surface area contributed by atoms with Crippen molar-refractivity contribution in [2.45, 2.75) is 44.2 Å². The van der Waals surface area contributed by atoms with Crippen LogP contribution in [0.5, 0.6) is 0 Å². The Kier molecular flexibility index (Phi) is 4.85. The number of rotatable bonds is 1. The summed E-state index contributed by atoms with van der Waals surface area (Å²) in [7, 11) is 0. The highest BCUT2D eigenvalue weighted by Gasteiger charge is 2.74. The molecule has 2 aliphatic heterocycles. The summed E-state index contributed by atoms with van der Waals surface area (Å²) in [5, 5.41) is 0.